The van der Waals surface area contributed by atoms with Crippen molar-refractivity contribution in [1.29, 1.82) is 0 Å². The standard InChI is InChI=1S/C16H28N4O2/c1-12(2)10-20-8-7-17-15(20)9-18-16(22)19-14-5-3-13(11-21)4-6-14/h7-8,12-14,21H,3-6,9-11H2,1-2H3,(H2,18,19,22). The zero-order valence-electron chi connectivity index (χ0n) is 13.6. The van der Waals surface area contributed by atoms with E-state index in [1.165, 1.54) is 0 Å². The lowest BCUT2D eigenvalue weighted by atomic mass is 9.87. The van der Waals surface area contributed by atoms with Crippen molar-refractivity contribution in [2.45, 2.75) is 58.7 Å². The summed E-state index contributed by atoms with van der Waals surface area (Å²) in [6, 6.07) is 0.0877. The Morgan fingerprint density at radius 2 is 2.14 bits per heavy atom. The number of carbonyl (C=O) groups excluding carboxylic acids is 1. The summed E-state index contributed by atoms with van der Waals surface area (Å²) in [6.45, 7) is 5.93. The maximum absolute atomic E-state index is 12.0. The van der Waals surface area contributed by atoms with Gasteiger partial charge in [0.15, 0.2) is 0 Å². The van der Waals surface area contributed by atoms with Crippen molar-refractivity contribution in [2.24, 2.45) is 11.8 Å². The summed E-state index contributed by atoms with van der Waals surface area (Å²) in [6.07, 6.45) is 7.58. The summed E-state index contributed by atoms with van der Waals surface area (Å²) in [7, 11) is 0. The third-order valence-electron chi connectivity index (χ3n) is 4.21. The molecule has 0 spiro atoms. The van der Waals surface area contributed by atoms with Gasteiger partial charge in [0.2, 0.25) is 0 Å². The molecule has 0 aromatic carbocycles. The van der Waals surface area contributed by atoms with Crippen LogP contribution in [0, 0.1) is 11.8 Å². The van der Waals surface area contributed by atoms with Gasteiger partial charge in [0.25, 0.3) is 0 Å². The van der Waals surface area contributed by atoms with Gasteiger partial charge in [0.05, 0.1) is 6.54 Å². The molecule has 2 rings (SSSR count). The van der Waals surface area contributed by atoms with Gasteiger partial charge in [-0.1, -0.05) is 13.8 Å². The highest BCUT2D eigenvalue weighted by Crippen LogP contribution is 2.23. The Kier molecular flexibility index (Phi) is 6.24. The zero-order chi connectivity index (χ0) is 15.9. The summed E-state index contributed by atoms with van der Waals surface area (Å²) in [5.74, 6) is 1.83. The van der Waals surface area contributed by atoms with E-state index in [1.807, 2.05) is 6.20 Å². The molecule has 3 N–H and O–H groups in total. The average Bonchev–Trinajstić information content (AvgIpc) is 2.92. The molecule has 1 aromatic rings. The van der Waals surface area contributed by atoms with E-state index >= 15 is 0 Å². The van der Waals surface area contributed by atoms with Crippen LogP contribution in [0.1, 0.15) is 45.4 Å². The maximum atomic E-state index is 12.0. The maximum Gasteiger partial charge on any atom is 0.315 e. The summed E-state index contributed by atoms with van der Waals surface area (Å²) < 4.78 is 2.08. The first kappa shape index (κ1) is 16.8. The first-order chi connectivity index (χ1) is 10.6. The fourth-order valence-electron chi connectivity index (χ4n) is 2.95. The Balaban J connectivity index is 1.73. The summed E-state index contributed by atoms with van der Waals surface area (Å²) in [5.41, 5.74) is 0. The number of hydrogen-bond donors (Lipinski definition) is 3. The van der Waals surface area contributed by atoms with Crippen molar-refractivity contribution in [3.05, 3.63) is 18.2 Å². The molecule has 1 aliphatic carbocycles. The lowest BCUT2D eigenvalue weighted by Gasteiger charge is -2.27. The summed E-state index contributed by atoms with van der Waals surface area (Å²) >= 11 is 0. The molecule has 6 heteroatoms. The lowest BCUT2D eigenvalue weighted by molar-refractivity contribution is 0.174. The number of imidazole rings is 1. The SMILES string of the molecule is CC(C)Cn1ccnc1CNC(=O)NC1CCC(CO)CC1. The molecular weight excluding hydrogens is 280 g/mol. The normalized spacial score (nSPS) is 21.8. The highest BCUT2D eigenvalue weighted by molar-refractivity contribution is 5.74. The Morgan fingerprint density at radius 3 is 2.77 bits per heavy atom. The van der Waals surface area contributed by atoms with Gasteiger partial charge in [0, 0.05) is 31.6 Å². The highest BCUT2D eigenvalue weighted by Gasteiger charge is 2.21. The van der Waals surface area contributed by atoms with E-state index in [9.17, 15) is 4.79 Å². The van der Waals surface area contributed by atoms with Crippen LogP contribution in [0.25, 0.3) is 0 Å². The Bertz CT molecular complexity index is 464. The van der Waals surface area contributed by atoms with Crippen molar-refractivity contribution in [3.8, 4) is 0 Å². The third kappa shape index (κ3) is 5.02. The van der Waals surface area contributed by atoms with Crippen LogP contribution in [-0.4, -0.2) is 33.3 Å². The number of aliphatic hydroxyl groups excluding tert-OH is 1. The van der Waals surface area contributed by atoms with Crippen molar-refractivity contribution in [3.63, 3.8) is 0 Å². The number of aromatic nitrogens is 2. The fourth-order valence-corrected chi connectivity index (χ4v) is 2.95. The Morgan fingerprint density at radius 1 is 1.41 bits per heavy atom. The van der Waals surface area contributed by atoms with Gasteiger partial charge in [-0.2, -0.15) is 0 Å². The summed E-state index contributed by atoms with van der Waals surface area (Å²) in [4.78, 5) is 16.3. The number of urea groups is 1. The molecule has 1 fully saturated rings. The van der Waals surface area contributed by atoms with Gasteiger partial charge in [-0.3, -0.25) is 0 Å². The molecule has 1 aliphatic rings. The molecule has 0 bridgehead atoms. The molecule has 2 amide bonds. The average molecular weight is 308 g/mol. The van der Waals surface area contributed by atoms with E-state index < -0.39 is 0 Å². The Labute approximate surface area is 132 Å². The van der Waals surface area contributed by atoms with E-state index in [1.54, 1.807) is 6.20 Å². The quantitative estimate of drug-likeness (QED) is 0.751. The second kappa shape index (κ2) is 8.17. The van der Waals surface area contributed by atoms with Crippen LogP contribution in [0.2, 0.25) is 0 Å². The van der Waals surface area contributed by atoms with Gasteiger partial charge in [-0.25, -0.2) is 9.78 Å². The molecule has 1 aromatic heterocycles. The molecule has 0 saturated heterocycles. The molecule has 0 aliphatic heterocycles. The molecular formula is C16H28N4O2. The number of rotatable bonds is 6. The number of nitrogens with zero attached hydrogens (tertiary/aromatic N) is 2. The van der Waals surface area contributed by atoms with Gasteiger partial charge < -0.3 is 20.3 Å². The molecule has 0 radical (unpaired) electrons. The molecule has 1 saturated carbocycles. The van der Waals surface area contributed by atoms with Gasteiger partial charge >= 0.3 is 6.03 Å². The van der Waals surface area contributed by atoms with Crippen LogP contribution in [0.4, 0.5) is 4.79 Å². The van der Waals surface area contributed by atoms with Crippen LogP contribution in [-0.2, 0) is 13.1 Å². The predicted molar refractivity (Wildman–Crippen MR) is 85.3 cm³/mol. The van der Waals surface area contributed by atoms with Gasteiger partial charge in [-0.05, 0) is 37.5 Å². The molecule has 0 atom stereocenters. The monoisotopic (exact) mass is 308 g/mol. The second-order valence-corrected chi connectivity index (χ2v) is 6.62. The Hall–Kier alpha value is -1.56. The second-order valence-electron chi connectivity index (χ2n) is 6.62. The van der Waals surface area contributed by atoms with Crippen LogP contribution in [0.3, 0.4) is 0 Å². The number of carbonyl (C=O) groups is 1. The lowest BCUT2D eigenvalue weighted by Crippen LogP contribution is -2.43. The van der Waals surface area contributed by atoms with Gasteiger partial charge in [0.1, 0.15) is 5.82 Å². The molecule has 1 heterocycles. The van der Waals surface area contributed by atoms with E-state index in [0.717, 1.165) is 38.1 Å². The molecule has 0 unspecified atom stereocenters. The number of nitrogens with one attached hydrogen (secondary N) is 2. The van der Waals surface area contributed by atoms with E-state index in [2.05, 4.69) is 34.0 Å². The van der Waals surface area contributed by atoms with Crippen molar-refractivity contribution >= 4 is 6.03 Å². The topological polar surface area (TPSA) is 79.2 Å². The van der Waals surface area contributed by atoms with Gasteiger partial charge in [-0.15, -0.1) is 0 Å². The first-order valence-corrected chi connectivity index (χ1v) is 8.23. The summed E-state index contributed by atoms with van der Waals surface area (Å²) in [5, 5.41) is 15.0. The number of hydrogen-bond acceptors (Lipinski definition) is 3. The van der Waals surface area contributed by atoms with Crippen LogP contribution in [0.5, 0.6) is 0 Å². The van der Waals surface area contributed by atoms with Crippen molar-refractivity contribution in [2.75, 3.05) is 6.61 Å². The van der Waals surface area contributed by atoms with E-state index in [-0.39, 0.29) is 18.7 Å². The third-order valence-corrected chi connectivity index (χ3v) is 4.21. The van der Waals surface area contributed by atoms with Crippen LogP contribution in [0.15, 0.2) is 12.4 Å². The number of aliphatic hydroxyl groups is 1. The zero-order valence-corrected chi connectivity index (χ0v) is 13.6. The molecule has 22 heavy (non-hydrogen) atoms. The number of amides is 2. The molecule has 6 nitrogen and oxygen atoms in total. The van der Waals surface area contributed by atoms with Crippen LogP contribution >= 0.6 is 0 Å². The van der Waals surface area contributed by atoms with Crippen LogP contribution < -0.4 is 10.6 Å². The largest absolute Gasteiger partial charge is 0.396 e. The minimum Gasteiger partial charge on any atom is -0.396 e. The van der Waals surface area contributed by atoms with Crippen molar-refractivity contribution in [1.82, 2.24) is 20.2 Å². The minimum atomic E-state index is -0.133. The van der Waals surface area contributed by atoms with Crippen molar-refractivity contribution < 1.29 is 9.90 Å². The fraction of sp³-hybridized carbons (Fsp3) is 0.750. The smallest absolute Gasteiger partial charge is 0.315 e. The highest BCUT2D eigenvalue weighted by atomic mass is 16.3. The van der Waals surface area contributed by atoms with E-state index in [0.29, 0.717) is 18.4 Å². The minimum absolute atomic E-state index is 0.133. The molecule has 124 valence electrons. The first-order valence-electron chi connectivity index (χ1n) is 8.23. The van der Waals surface area contributed by atoms with E-state index in [4.69, 9.17) is 5.11 Å². The predicted octanol–water partition coefficient (Wildman–Crippen LogP) is 1.89.